The zero-order valence-corrected chi connectivity index (χ0v) is 14.6. The Hall–Kier alpha value is -1.88. The Bertz CT molecular complexity index is 677. The number of urea groups is 1. The maximum absolute atomic E-state index is 12.5. The second kappa shape index (κ2) is 6.32. The molecule has 0 saturated heterocycles. The Morgan fingerprint density at radius 3 is 2.78 bits per heavy atom. The molecule has 1 aliphatic carbocycles. The number of hydrogen-bond donors (Lipinski definition) is 2. The van der Waals surface area contributed by atoms with Crippen molar-refractivity contribution >= 4 is 17.4 Å². The maximum Gasteiger partial charge on any atom is 0.316 e. The number of carbonyl (C=O) groups excluding carboxylic acids is 1. The number of aryl methyl sites for hydroxylation is 1. The van der Waals surface area contributed by atoms with Gasteiger partial charge in [0.05, 0.1) is 11.6 Å². The summed E-state index contributed by atoms with van der Waals surface area (Å²) in [5.74, 6) is 0.522. The Kier molecular flexibility index (Phi) is 4.39. The van der Waals surface area contributed by atoms with Gasteiger partial charge in [0, 0.05) is 11.6 Å². The molecule has 1 atom stereocenters. The lowest BCUT2D eigenvalue weighted by Gasteiger charge is -2.28. The molecular formula is C18H23N3OS. The topological polar surface area (TPSA) is 54.0 Å². The molecule has 1 aromatic heterocycles. The van der Waals surface area contributed by atoms with Crippen LogP contribution in [0, 0.1) is 12.8 Å². The SMILES string of the molecule is Cc1cccc(C(C)(C)NC(=O)N[C@H](c2nccs2)C2CC2)c1. The summed E-state index contributed by atoms with van der Waals surface area (Å²) in [6.45, 7) is 6.11. The van der Waals surface area contributed by atoms with Crippen LogP contribution in [0.5, 0.6) is 0 Å². The minimum absolute atomic E-state index is 0.0308. The largest absolute Gasteiger partial charge is 0.329 e. The Labute approximate surface area is 141 Å². The molecule has 0 bridgehead atoms. The van der Waals surface area contributed by atoms with Gasteiger partial charge in [-0.3, -0.25) is 0 Å². The zero-order chi connectivity index (χ0) is 16.4. The highest BCUT2D eigenvalue weighted by Gasteiger charge is 2.35. The minimum Gasteiger partial charge on any atom is -0.329 e. The van der Waals surface area contributed by atoms with Crippen LogP contribution >= 0.6 is 11.3 Å². The molecule has 4 nitrogen and oxygen atoms in total. The number of hydrogen-bond acceptors (Lipinski definition) is 3. The molecule has 1 heterocycles. The molecule has 0 spiro atoms. The third kappa shape index (κ3) is 3.91. The molecule has 2 N–H and O–H groups in total. The predicted molar refractivity (Wildman–Crippen MR) is 93.5 cm³/mol. The van der Waals surface area contributed by atoms with Crippen molar-refractivity contribution in [2.45, 2.75) is 45.2 Å². The summed E-state index contributed by atoms with van der Waals surface area (Å²) in [6.07, 6.45) is 4.11. The van der Waals surface area contributed by atoms with Gasteiger partial charge >= 0.3 is 6.03 Å². The summed E-state index contributed by atoms with van der Waals surface area (Å²) in [6, 6.07) is 8.14. The van der Waals surface area contributed by atoms with E-state index in [0.29, 0.717) is 5.92 Å². The highest BCUT2D eigenvalue weighted by Crippen LogP contribution is 2.41. The minimum atomic E-state index is -0.424. The lowest BCUT2D eigenvalue weighted by Crippen LogP contribution is -2.47. The molecule has 1 aliphatic rings. The maximum atomic E-state index is 12.5. The van der Waals surface area contributed by atoms with Crippen LogP contribution in [0.4, 0.5) is 4.79 Å². The normalized spacial score (nSPS) is 16.0. The highest BCUT2D eigenvalue weighted by molar-refractivity contribution is 7.09. The molecule has 1 fully saturated rings. The van der Waals surface area contributed by atoms with E-state index in [2.05, 4.69) is 34.7 Å². The van der Waals surface area contributed by atoms with Gasteiger partial charge in [-0.2, -0.15) is 0 Å². The monoisotopic (exact) mass is 329 g/mol. The molecule has 0 radical (unpaired) electrons. The molecular weight excluding hydrogens is 306 g/mol. The van der Waals surface area contributed by atoms with Crippen molar-refractivity contribution in [3.63, 3.8) is 0 Å². The molecule has 2 amide bonds. The van der Waals surface area contributed by atoms with Crippen LogP contribution in [0.2, 0.25) is 0 Å². The van der Waals surface area contributed by atoms with Crippen LogP contribution < -0.4 is 10.6 Å². The molecule has 0 unspecified atom stereocenters. The molecule has 122 valence electrons. The van der Waals surface area contributed by atoms with E-state index in [1.807, 2.05) is 31.4 Å². The molecule has 1 saturated carbocycles. The van der Waals surface area contributed by atoms with Crippen LogP contribution in [-0.4, -0.2) is 11.0 Å². The van der Waals surface area contributed by atoms with Crippen molar-refractivity contribution in [2.24, 2.45) is 5.92 Å². The first-order valence-corrected chi connectivity index (χ1v) is 8.89. The summed E-state index contributed by atoms with van der Waals surface area (Å²) in [5, 5.41) is 9.18. The van der Waals surface area contributed by atoms with Crippen molar-refractivity contribution in [3.8, 4) is 0 Å². The van der Waals surface area contributed by atoms with E-state index in [1.54, 1.807) is 17.5 Å². The van der Waals surface area contributed by atoms with E-state index in [1.165, 1.54) is 5.56 Å². The van der Waals surface area contributed by atoms with Gasteiger partial charge in [0.25, 0.3) is 0 Å². The fourth-order valence-corrected chi connectivity index (χ4v) is 3.55. The number of benzene rings is 1. The van der Waals surface area contributed by atoms with E-state index in [0.717, 1.165) is 23.4 Å². The smallest absolute Gasteiger partial charge is 0.316 e. The average Bonchev–Trinajstić information content (AvgIpc) is 3.18. The lowest BCUT2D eigenvalue weighted by atomic mass is 9.93. The second-order valence-electron chi connectivity index (χ2n) is 6.78. The quantitative estimate of drug-likeness (QED) is 0.866. The number of rotatable bonds is 5. The Balaban J connectivity index is 1.68. The van der Waals surface area contributed by atoms with Gasteiger partial charge in [-0.1, -0.05) is 29.8 Å². The third-order valence-corrected chi connectivity index (χ3v) is 5.12. The molecule has 0 aliphatic heterocycles. The number of nitrogens with one attached hydrogen (secondary N) is 2. The predicted octanol–water partition coefficient (Wildman–Crippen LogP) is 4.14. The van der Waals surface area contributed by atoms with Gasteiger partial charge in [-0.15, -0.1) is 11.3 Å². The average molecular weight is 329 g/mol. The van der Waals surface area contributed by atoms with Crippen molar-refractivity contribution in [1.82, 2.24) is 15.6 Å². The number of amides is 2. The molecule has 3 rings (SSSR count). The summed E-state index contributed by atoms with van der Waals surface area (Å²) in [7, 11) is 0. The van der Waals surface area contributed by atoms with Gasteiger partial charge in [-0.25, -0.2) is 9.78 Å². The summed E-state index contributed by atoms with van der Waals surface area (Å²) >= 11 is 1.60. The summed E-state index contributed by atoms with van der Waals surface area (Å²) in [4.78, 5) is 16.9. The zero-order valence-electron chi connectivity index (χ0n) is 13.8. The van der Waals surface area contributed by atoms with E-state index in [9.17, 15) is 4.79 Å². The molecule has 5 heteroatoms. The molecule has 23 heavy (non-hydrogen) atoms. The fraction of sp³-hybridized carbons (Fsp3) is 0.444. The Morgan fingerprint density at radius 2 is 2.17 bits per heavy atom. The Morgan fingerprint density at radius 1 is 1.39 bits per heavy atom. The van der Waals surface area contributed by atoms with Crippen LogP contribution in [0.25, 0.3) is 0 Å². The van der Waals surface area contributed by atoms with Gasteiger partial charge in [0.15, 0.2) is 0 Å². The van der Waals surface area contributed by atoms with Crippen molar-refractivity contribution in [2.75, 3.05) is 0 Å². The van der Waals surface area contributed by atoms with Crippen molar-refractivity contribution < 1.29 is 4.79 Å². The number of nitrogens with zero attached hydrogens (tertiary/aromatic N) is 1. The molecule has 2 aromatic rings. The van der Waals surface area contributed by atoms with Crippen molar-refractivity contribution in [3.05, 3.63) is 52.0 Å². The van der Waals surface area contributed by atoms with E-state index >= 15 is 0 Å². The first-order chi connectivity index (χ1) is 11.0. The van der Waals surface area contributed by atoms with E-state index in [4.69, 9.17) is 0 Å². The number of thiazole rings is 1. The van der Waals surface area contributed by atoms with E-state index in [-0.39, 0.29) is 12.1 Å². The molecule has 1 aromatic carbocycles. The van der Waals surface area contributed by atoms with Crippen molar-refractivity contribution in [1.29, 1.82) is 0 Å². The third-order valence-electron chi connectivity index (χ3n) is 4.26. The number of aromatic nitrogens is 1. The summed E-state index contributed by atoms with van der Waals surface area (Å²) < 4.78 is 0. The van der Waals surface area contributed by atoms with Crippen LogP contribution in [0.15, 0.2) is 35.8 Å². The first kappa shape index (κ1) is 16.0. The standard InChI is InChI=1S/C18H23N3OS/c1-12-5-4-6-14(11-12)18(2,3)21-17(22)20-15(13-7-8-13)16-19-9-10-23-16/h4-6,9-11,13,15H,7-8H2,1-3H3,(H2,20,21,22)/t15-/m0/s1. The van der Waals surface area contributed by atoms with Crippen LogP contribution in [0.1, 0.15) is 48.9 Å². The van der Waals surface area contributed by atoms with Gasteiger partial charge in [-0.05, 0) is 45.1 Å². The van der Waals surface area contributed by atoms with Gasteiger partial charge in [0.2, 0.25) is 0 Å². The first-order valence-electron chi connectivity index (χ1n) is 8.01. The number of carbonyl (C=O) groups is 1. The van der Waals surface area contributed by atoms with E-state index < -0.39 is 5.54 Å². The highest BCUT2D eigenvalue weighted by atomic mass is 32.1. The van der Waals surface area contributed by atoms with Gasteiger partial charge < -0.3 is 10.6 Å². The fourth-order valence-electron chi connectivity index (χ4n) is 2.77. The van der Waals surface area contributed by atoms with Gasteiger partial charge in [0.1, 0.15) is 5.01 Å². The second-order valence-corrected chi connectivity index (χ2v) is 7.70. The van der Waals surface area contributed by atoms with Crippen LogP contribution in [0.3, 0.4) is 0 Å². The summed E-state index contributed by atoms with van der Waals surface area (Å²) in [5.41, 5.74) is 1.87. The van der Waals surface area contributed by atoms with Crippen LogP contribution in [-0.2, 0) is 5.54 Å². The lowest BCUT2D eigenvalue weighted by molar-refractivity contribution is 0.224.